The molecule has 0 bridgehead atoms. The summed E-state index contributed by atoms with van der Waals surface area (Å²) in [6.45, 7) is 1.34. The molecule has 0 fully saturated rings. The first-order valence-corrected chi connectivity index (χ1v) is 7.27. The van der Waals surface area contributed by atoms with E-state index in [4.69, 9.17) is 16.3 Å². The molecule has 1 heterocycles. The monoisotopic (exact) mass is 343 g/mol. The molecule has 102 valence electrons. The Bertz CT molecular complexity index is 527. The van der Waals surface area contributed by atoms with Gasteiger partial charge in [-0.15, -0.1) is 21.8 Å². The molecule has 0 spiro atoms. The average molecular weight is 345 g/mol. The van der Waals surface area contributed by atoms with Crippen LogP contribution in [0, 0.1) is 0 Å². The number of hydrogen-bond donors (Lipinski definition) is 0. The van der Waals surface area contributed by atoms with Crippen LogP contribution in [0.4, 0.5) is 0 Å². The van der Waals surface area contributed by atoms with Crippen molar-refractivity contribution in [3.8, 4) is 0 Å². The van der Waals surface area contributed by atoms with Gasteiger partial charge in [0, 0.05) is 24.5 Å². The van der Waals surface area contributed by atoms with E-state index in [2.05, 4.69) is 38.3 Å². The number of hydrogen-bond acceptors (Lipinski definition) is 3. The molecule has 2 aromatic rings. The van der Waals surface area contributed by atoms with Gasteiger partial charge in [0.05, 0.1) is 12.5 Å². The topological polar surface area (TPSA) is 39.9 Å². The van der Waals surface area contributed by atoms with Crippen molar-refractivity contribution in [3.05, 3.63) is 46.0 Å². The quantitative estimate of drug-likeness (QED) is 0.756. The average Bonchev–Trinajstić information content (AvgIpc) is 2.81. The maximum atomic E-state index is 5.88. The SMILES string of the molecule is COCCn1c(CCl)nnc1Cc1ccc(Br)cc1. The van der Waals surface area contributed by atoms with E-state index in [0.29, 0.717) is 12.5 Å². The standard InChI is InChI=1S/C13H15BrClN3O/c1-19-7-6-18-12(16-17-13(18)9-15)8-10-2-4-11(14)5-3-10/h2-5H,6-9H2,1H3. The molecule has 0 radical (unpaired) electrons. The predicted octanol–water partition coefficient (Wildman–Crippen LogP) is 3.02. The van der Waals surface area contributed by atoms with E-state index in [1.165, 1.54) is 5.56 Å². The first-order valence-electron chi connectivity index (χ1n) is 5.95. The number of benzene rings is 1. The molecule has 0 saturated heterocycles. The van der Waals surface area contributed by atoms with Crippen LogP contribution in [0.2, 0.25) is 0 Å². The summed E-state index contributed by atoms with van der Waals surface area (Å²) in [7, 11) is 1.68. The van der Waals surface area contributed by atoms with Crippen molar-refractivity contribution in [2.24, 2.45) is 0 Å². The van der Waals surface area contributed by atoms with Crippen LogP contribution in [0.25, 0.3) is 0 Å². The third-order valence-electron chi connectivity index (χ3n) is 2.82. The third-order valence-corrected chi connectivity index (χ3v) is 3.59. The molecule has 4 nitrogen and oxygen atoms in total. The van der Waals surface area contributed by atoms with Crippen LogP contribution in [-0.2, 0) is 23.6 Å². The number of methoxy groups -OCH3 is 1. The van der Waals surface area contributed by atoms with Crippen LogP contribution >= 0.6 is 27.5 Å². The van der Waals surface area contributed by atoms with Gasteiger partial charge in [0.25, 0.3) is 0 Å². The lowest BCUT2D eigenvalue weighted by atomic mass is 10.1. The summed E-state index contributed by atoms with van der Waals surface area (Å²) in [4.78, 5) is 0. The van der Waals surface area contributed by atoms with E-state index in [1.54, 1.807) is 7.11 Å². The van der Waals surface area contributed by atoms with Gasteiger partial charge in [-0.25, -0.2) is 0 Å². The molecule has 0 atom stereocenters. The van der Waals surface area contributed by atoms with E-state index >= 15 is 0 Å². The summed E-state index contributed by atoms with van der Waals surface area (Å²) in [5.74, 6) is 2.05. The summed E-state index contributed by atoms with van der Waals surface area (Å²) in [5.41, 5.74) is 1.19. The van der Waals surface area contributed by atoms with Gasteiger partial charge in [-0.2, -0.15) is 0 Å². The number of alkyl halides is 1. The minimum absolute atomic E-state index is 0.358. The van der Waals surface area contributed by atoms with Crippen molar-refractivity contribution < 1.29 is 4.74 Å². The van der Waals surface area contributed by atoms with Crippen LogP contribution in [0.1, 0.15) is 17.2 Å². The Kier molecular flexibility index (Phi) is 5.36. The van der Waals surface area contributed by atoms with Crippen molar-refractivity contribution >= 4 is 27.5 Å². The summed E-state index contributed by atoms with van der Waals surface area (Å²) >= 11 is 9.31. The molecule has 0 aliphatic heterocycles. The molecule has 6 heteroatoms. The van der Waals surface area contributed by atoms with E-state index in [-0.39, 0.29) is 0 Å². The van der Waals surface area contributed by atoms with Crippen LogP contribution in [0.15, 0.2) is 28.7 Å². The fourth-order valence-electron chi connectivity index (χ4n) is 1.83. The predicted molar refractivity (Wildman–Crippen MR) is 78.4 cm³/mol. The highest BCUT2D eigenvalue weighted by molar-refractivity contribution is 9.10. The van der Waals surface area contributed by atoms with E-state index in [1.807, 2.05) is 16.7 Å². The van der Waals surface area contributed by atoms with Crippen molar-refractivity contribution in [1.29, 1.82) is 0 Å². The minimum atomic E-state index is 0.358. The van der Waals surface area contributed by atoms with E-state index < -0.39 is 0 Å². The Morgan fingerprint density at radius 2 is 1.89 bits per heavy atom. The Morgan fingerprint density at radius 1 is 1.21 bits per heavy atom. The van der Waals surface area contributed by atoms with Crippen LogP contribution in [-0.4, -0.2) is 28.5 Å². The van der Waals surface area contributed by atoms with Gasteiger partial charge in [-0.05, 0) is 17.7 Å². The Hall–Kier alpha value is -0.910. The fraction of sp³-hybridized carbons (Fsp3) is 0.385. The zero-order valence-electron chi connectivity index (χ0n) is 10.6. The molecule has 0 aliphatic carbocycles. The lowest BCUT2D eigenvalue weighted by Crippen LogP contribution is -2.11. The van der Waals surface area contributed by atoms with Crippen molar-refractivity contribution in [3.63, 3.8) is 0 Å². The number of halogens is 2. The Balaban J connectivity index is 2.19. The van der Waals surface area contributed by atoms with Gasteiger partial charge in [0.1, 0.15) is 11.6 Å². The first-order chi connectivity index (χ1) is 9.24. The minimum Gasteiger partial charge on any atom is -0.383 e. The number of rotatable bonds is 6. The summed E-state index contributed by atoms with van der Waals surface area (Å²) in [6, 6.07) is 8.18. The smallest absolute Gasteiger partial charge is 0.148 e. The lowest BCUT2D eigenvalue weighted by Gasteiger charge is -2.08. The Labute approximate surface area is 125 Å². The molecular weight excluding hydrogens is 330 g/mol. The van der Waals surface area contributed by atoms with Crippen molar-refractivity contribution in [1.82, 2.24) is 14.8 Å². The molecule has 1 aromatic heterocycles. The second-order valence-electron chi connectivity index (χ2n) is 4.11. The van der Waals surface area contributed by atoms with Gasteiger partial charge in [-0.1, -0.05) is 28.1 Å². The van der Waals surface area contributed by atoms with Crippen molar-refractivity contribution in [2.45, 2.75) is 18.8 Å². The van der Waals surface area contributed by atoms with E-state index in [0.717, 1.165) is 29.1 Å². The van der Waals surface area contributed by atoms with E-state index in [9.17, 15) is 0 Å². The molecule has 1 aromatic carbocycles. The van der Waals surface area contributed by atoms with Gasteiger partial charge in [0.2, 0.25) is 0 Å². The molecule has 19 heavy (non-hydrogen) atoms. The summed E-state index contributed by atoms with van der Waals surface area (Å²) in [6.07, 6.45) is 0.737. The zero-order valence-corrected chi connectivity index (χ0v) is 13.0. The largest absolute Gasteiger partial charge is 0.383 e. The number of ether oxygens (including phenoxy) is 1. The molecular formula is C13H15BrClN3O. The van der Waals surface area contributed by atoms with Gasteiger partial charge in [0.15, 0.2) is 0 Å². The first kappa shape index (κ1) is 14.5. The second-order valence-corrected chi connectivity index (χ2v) is 5.30. The zero-order chi connectivity index (χ0) is 13.7. The third kappa shape index (κ3) is 3.78. The van der Waals surface area contributed by atoms with Crippen LogP contribution < -0.4 is 0 Å². The fourth-order valence-corrected chi connectivity index (χ4v) is 2.29. The highest BCUT2D eigenvalue weighted by Gasteiger charge is 2.11. The van der Waals surface area contributed by atoms with Gasteiger partial charge >= 0.3 is 0 Å². The van der Waals surface area contributed by atoms with Gasteiger partial charge < -0.3 is 9.30 Å². The number of nitrogens with zero attached hydrogens (tertiary/aromatic N) is 3. The molecule has 0 aliphatic rings. The maximum absolute atomic E-state index is 5.88. The van der Waals surface area contributed by atoms with Crippen LogP contribution in [0.5, 0.6) is 0 Å². The van der Waals surface area contributed by atoms with Gasteiger partial charge in [-0.3, -0.25) is 0 Å². The normalized spacial score (nSPS) is 10.9. The molecule has 0 saturated carbocycles. The summed E-state index contributed by atoms with van der Waals surface area (Å²) in [5, 5.41) is 8.34. The maximum Gasteiger partial charge on any atom is 0.148 e. The second kappa shape index (κ2) is 7.03. The Morgan fingerprint density at radius 3 is 2.53 bits per heavy atom. The van der Waals surface area contributed by atoms with Crippen LogP contribution in [0.3, 0.4) is 0 Å². The summed E-state index contributed by atoms with van der Waals surface area (Å²) < 4.78 is 8.20. The highest BCUT2D eigenvalue weighted by atomic mass is 79.9. The van der Waals surface area contributed by atoms with Crippen molar-refractivity contribution in [2.75, 3.05) is 13.7 Å². The molecule has 0 amide bonds. The highest BCUT2D eigenvalue weighted by Crippen LogP contribution is 2.14. The molecule has 0 unspecified atom stereocenters. The molecule has 0 N–H and O–H groups in total. The lowest BCUT2D eigenvalue weighted by molar-refractivity contribution is 0.185. The molecule has 2 rings (SSSR count). The number of aromatic nitrogens is 3.